The average Bonchev–Trinajstić information content (AvgIpc) is 2.71. The SMILES string of the molecule is CC1CCC(NC2(C#N)CCCC2)CC1. The quantitative estimate of drug-likeness (QED) is 0.754. The lowest BCUT2D eigenvalue weighted by molar-refractivity contribution is 0.260. The van der Waals surface area contributed by atoms with Crippen molar-refractivity contribution in [2.45, 2.75) is 69.9 Å². The van der Waals surface area contributed by atoms with Crippen LogP contribution in [0.3, 0.4) is 0 Å². The fourth-order valence-electron chi connectivity index (χ4n) is 3.06. The molecule has 2 heteroatoms. The minimum Gasteiger partial charge on any atom is -0.297 e. The molecule has 0 aromatic carbocycles. The van der Waals surface area contributed by atoms with E-state index in [2.05, 4.69) is 18.3 Å². The van der Waals surface area contributed by atoms with Gasteiger partial charge in [0.1, 0.15) is 5.54 Å². The Morgan fingerprint density at radius 1 is 1.13 bits per heavy atom. The Labute approximate surface area is 93.0 Å². The van der Waals surface area contributed by atoms with Crippen molar-refractivity contribution >= 4 is 0 Å². The lowest BCUT2D eigenvalue weighted by Crippen LogP contribution is -2.48. The first-order valence-electron chi connectivity index (χ1n) is 6.43. The van der Waals surface area contributed by atoms with Crippen molar-refractivity contribution in [3.8, 4) is 6.07 Å². The Bertz CT molecular complexity index is 240. The number of rotatable bonds is 2. The Balaban J connectivity index is 1.88. The fourth-order valence-corrected chi connectivity index (χ4v) is 3.06. The molecule has 84 valence electrons. The van der Waals surface area contributed by atoms with E-state index < -0.39 is 0 Å². The van der Waals surface area contributed by atoms with E-state index >= 15 is 0 Å². The molecule has 0 atom stereocenters. The van der Waals surface area contributed by atoms with Gasteiger partial charge in [0.2, 0.25) is 0 Å². The van der Waals surface area contributed by atoms with Crippen LogP contribution in [0.2, 0.25) is 0 Å². The summed E-state index contributed by atoms with van der Waals surface area (Å²) in [5, 5.41) is 12.9. The number of hydrogen-bond donors (Lipinski definition) is 1. The van der Waals surface area contributed by atoms with E-state index in [1.165, 1.54) is 38.5 Å². The van der Waals surface area contributed by atoms with Crippen molar-refractivity contribution < 1.29 is 0 Å². The van der Waals surface area contributed by atoms with Gasteiger partial charge in [0.25, 0.3) is 0 Å². The third-order valence-electron chi connectivity index (χ3n) is 4.17. The molecule has 0 unspecified atom stereocenters. The topological polar surface area (TPSA) is 35.8 Å². The van der Waals surface area contributed by atoms with Crippen LogP contribution in [-0.2, 0) is 0 Å². The van der Waals surface area contributed by atoms with Gasteiger partial charge in [-0.3, -0.25) is 5.32 Å². The summed E-state index contributed by atoms with van der Waals surface area (Å²) in [5.41, 5.74) is -0.161. The summed E-state index contributed by atoms with van der Waals surface area (Å²) in [6.45, 7) is 2.34. The second kappa shape index (κ2) is 4.53. The van der Waals surface area contributed by atoms with Crippen molar-refractivity contribution in [1.82, 2.24) is 5.32 Å². The van der Waals surface area contributed by atoms with Crippen LogP contribution in [0.15, 0.2) is 0 Å². The molecule has 0 heterocycles. The molecule has 2 saturated carbocycles. The summed E-state index contributed by atoms with van der Waals surface area (Å²) in [6, 6.07) is 3.13. The van der Waals surface area contributed by atoms with Crippen molar-refractivity contribution in [3.05, 3.63) is 0 Å². The van der Waals surface area contributed by atoms with Gasteiger partial charge in [-0.2, -0.15) is 5.26 Å². The van der Waals surface area contributed by atoms with Crippen molar-refractivity contribution in [2.24, 2.45) is 5.92 Å². The van der Waals surface area contributed by atoms with E-state index in [-0.39, 0.29) is 5.54 Å². The van der Waals surface area contributed by atoms with Gasteiger partial charge in [-0.05, 0) is 44.4 Å². The second-order valence-corrected chi connectivity index (χ2v) is 5.50. The van der Waals surface area contributed by atoms with E-state index in [1.54, 1.807) is 0 Å². The molecule has 2 nitrogen and oxygen atoms in total. The van der Waals surface area contributed by atoms with E-state index in [0.29, 0.717) is 6.04 Å². The Morgan fingerprint density at radius 2 is 1.73 bits per heavy atom. The third kappa shape index (κ3) is 2.52. The maximum Gasteiger partial charge on any atom is 0.106 e. The maximum atomic E-state index is 9.29. The van der Waals surface area contributed by atoms with Gasteiger partial charge in [0.15, 0.2) is 0 Å². The van der Waals surface area contributed by atoms with Crippen LogP contribution in [0, 0.1) is 17.2 Å². The van der Waals surface area contributed by atoms with Crippen LogP contribution in [0.1, 0.15) is 58.3 Å². The molecule has 15 heavy (non-hydrogen) atoms. The van der Waals surface area contributed by atoms with Crippen LogP contribution in [-0.4, -0.2) is 11.6 Å². The zero-order chi connectivity index (χ0) is 10.7. The molecule has 0 amide bonds. The number of nitriles is 1. The van der Waals surface area contributed by atoms with Gasteiger partial charge < -0.3 is 0 Å². The highest BCUT2D eigenvalue weighted by molar-refractivity contribution is 5.11. The number of nitrogens with zero attached hydrogens (tertiary/aromatic N) is 1. The average molecular weight is 206 g/mol. The van der Waals surface area contributed by atoms with Gasteiger partial charge in [-0.15, -0.1) is 0 Å². The molecule has 0 radical (unpaired) electrons. The zero-order valence-electron chi connectivity index (χ0n) is 9.76. The monoisotopic (exact) mass is 206 g/mol. The molecule has 1 N–H and O–H groups in total. The summed E-state index contributed by atoms with van der Waals surface area (Å²) >= 11 is 0. The normalized spacial score (nSPS) is 34.9. The highest BCUT2D eigenvalue weighted by Gasteiger charge is 2.36. The number of nitrogens with one attached hydrogen (secondary N) is 1. The zero-order valence-corrected chi connectivity index (χ0v) is 9.76. The largest absolute Gasteiger partial charge is 0.297 e. The third-order valence-corrected chi connectivity index (χ3v) is 4.17. The predicted octanol–water partition coefficient (Wildman–Crippen LogP) is 2.99. The molecule has 2 aliphatic carbocycles. The first-order chi connectivity index (χ1) is 7.24. The predicted molar refractivity (Wildman–Crippen MR) is 61.4 cm³/mol. The van der Waals surface area contributed by atoms with Gasteiger partial charge in [0, 0.05) is 6.04 Å². The van der Waals surface area contributed by atoms with Gasteiger partial charge in [-0.25, -0.2) is 0 Å². The smallest absolute Gasteiger partial charge is 0.106 e. The van der Waals surface area contributed by atoms with E-state index in [1.807, 2.05) is 0 Å². The van der Waals surface area contributed by atoms with Crippen molar-refractivity contribution in [1.29, 1.82) is 5.26 Å². The highest BCUT2D eigenvalue weighted by atomic mass is 15.0. The van der Waals surface area contributed by atoms with Crippen molar-refractivity contribution in [2.75, 3.05) is 0 Å². The molecule has 0 aliphatic heterocycles. The molecular formula is C13H22N2. The standard InChI is InChI=1S/C13H22N2/c1-11-4-6-12(7-5-11)15-13(10-14)8-2-3-9-13/h11-12,15H,2-9H2,1H3. The lowest BCUT2D eigenvalue weighted by Gasteiger charge is -2.33. The van der Waals surface area contributed by atoms with E-state index in [9.17, 15) is 5.26 Å². The summed E-state index contributed by atoms with van der Waals surface area (Å²) in [4.78, 5) is 0. The summed E-state index contributed by atoms with van der Waals surface area (Å²) in [6.07, 6.45) is 9.78. The molecule has 0 bridgehead atoms. The molecule has 0 aromatic heterocycles. The summed E-state index contributed by atoms with van der Waals surface area (Å²) in [5.74, 6) is 0.893. The van der Waals surface area contributed by atoms with Crippen LogP contribution in [0.25, 0.3) is 0 Å². The fraction of sp³-hybridized carbons (Fsp3) is 0.923. The first kappa shape index (κ1) is 11.0. The molecule has 0 saturated heterocycles. The lowest BCUT2D eigenvalue weighted by atomic mass is 9.85. The molecule has 2 aliphatic rings. The van der Waals surface area contributed by atoms with Gasteiger partial charge in [-0.1, -0.05) is 19.8 Å². The van der Waals surface area contributed by atoms with Crippen LogP contribution < -0.4 is 5.32 Å². The Kier molecular flexibility index (Phi) is 3.31. The molecule has 0 aromatic rings. The minimum absolute atomic E-state index is 0.161. The van der Waals surface area contributed by atoms with Gasteiger partial charge >= 0.3 is 0 Å². The maximum absolute atomic E-state index is 9.29. The van der Waals surface area contributed by atoms with Crippen molar-refractivity contribution in [3.63, 3.8) is 0 Å². The molecule has 0 spiro atoms. The minimum atomic E-state index is -0.161. The van der Waals surface area contributed by atoms with Crippen LogP contribution >= 0.6 is 0 Å². The molecule has 2 fully saturated rings. The van der Waals surface area contributed by atoms with Crippen LogP contribution in [0.5, 0.6) is 0 Å². The second-order valence-electron chi connectivity index (χ2n) is 5.50. The summed E-state index contributed by atoms with van der Waals surface area (Å²) < 4.78 is 0. The number of hydrogen-bond acceptors (Lipinski definition) is 2. The summed E-state index contributed by atoms with van der Waals surface area (Å²) in [7, 11) is 0. The molecular weight excluding hydrogens is 184 g/mol. The Morgan fingerprint density at radius 3 is 2.27 bits per heavy atom. The van der Waals surface area contributed by atoms with Crippen LogP contribution in [0.4, 0.5) is 0 Å². The highest BCUT2D eigenvalue weighted by Crippen LogP contribution is 2.32. The van der Waals surface area contributed by atoms with E-state index in [4.69, 9.17) is 0 Å². The first-order valence-corrected chi connectivity index (χ1v) is 6.43. The Hall–Kier alpha value is -0.550. The van der Waals surface area contributed by atoms with E-state index in [0.717, 1.165) is 18.8 Å². The molecule has 2 rings (SSSR count). The van der Waals surface area contributed by atoms with Gasteiger partial charge in [0.05, 0.1) is 6.07 Å².